The SMILES string of the molecule is CCNC(=O)C[NH+](CC)CC(=O)N[C@H](c1ccccc1)c1ccc(OC)cc1. The first-order valence-corrected chi connectivity index (χ1v) is 9.65. The minimum absolute atomic E-state index is 0.0399. The highest BCUT2D eigenvalue weighted by Gasteiger charge is 2.21. The number of quaternary nitrogens is 1. The second kappa shape index (κ2) is 11.1. The lowest BCUT2D eigenvalue weighted by Gasteiger charge is -2.22. The number of hydrogen-bond acceptors (Lipinski definition) is 3. The van der Waals surface area contributed by atoms with Gasteiger partial charge in [0.15, 0.2) is 13.1 Å². The Morgan fingerprint density at radius 3 is 2.11 bits per heavy atom. The molecule has 2 aromatic rings. The highest BCUT2D eigenvalue weighted by molar-refractivity contribution is 5.79. The van der Waals surface area contributed by atoms with Crippen molar-refractivity contribution in [1.29, 1.82) is 0 Å². The van der Waals surface area contributed by atoms with Crippen LogP contribution in [0.25, 0.3) is 0 Å². The average molecular weight is 385 g/mol. The fraction of sp³-hybridized carbons (Fsp3) is 0.364. The molecule has 2 aromatic carbocycles. The first-order chi connectivity index (χ1) is 13.6. The van der Waals surface area contributed by atoms with Crippen molar-refractivity contribution in [3.05, 3.63) is 65.7 Å². The largest absolute Gasteiger partial charge is 0.497 e. The maximum Gasteiger partial charge on any atom is 0.275 e. The van der Waals surface area contributed by atoms with Gasteiger partial charge < -0.3 is 20.3 Å². The van der Waals surface area contributed by atoms with Crippen LogP contribution in [0.2, 0.25) is 0 Å². The summed E-state index contributed by atoms with van der Waals surface area (Å²) in [5, 5.41) is 5.91. The lowest BCUT2D eigenvalue weighted by molar-refractivity contribution is -0.881. The molecule has 0 aliphatic rings. The van der Waals surface area contributed by atoms with Gasteiger partial charge in [0.1, 0.15) is 5.75 Å². The molecule has 0 radical (unpaired) electrons. The van der Waals surface area contributed by atoms with Gasteiger partial charge in [-0.3, -0.25) is 9.59 Å². The third-order valence-corrected chi connectivity index (χ3v) is 4.58. The summed E-state index contributed by atoms with van der Waals surface area (Å²) in [6.07, 6.45) is 0. The molecule has 0 heterocycles. The number of carbonyl (C=O) groups excluding carboxylic acids is 2. The van der Waals surface area contributed by atoms with E-state index in [1.807, 2.05) is 68.4 Å². The summed E-state index contributed by atoms with van der Waals surface area (Å²) in [6.45, 7) is 5.68. The van der Waals surface area contributed by atoms with Crippen molar-refractivity contribution in [2.75, 3.05) is 33.3 Å². The van der Waals surface area contributed by atoms with Gasteiger partial charge in [0.05, 0.1) is 19.7 Å². The van der Waals surface area contributed by atoms with E-state index in [-0.39, 0.29) is 30.9 Å². The van der Waals surface area contributed by atoms with Crippen LogP contribution in [0.1, 0.15) is 31.0 Å². The van der Waals surface area contributed by atoms with Gasteiger partial charge in [-0.05, 0) is 37.1 Å². The Labute approximate surface area is 166 Å². The molecular formula is C22H30N3O3+. The van der Waals surface area contributed by atoms with Crippen molar-refractivity contribution in [1.82, 2.24) is 10.6 Å². The highest BCUT2D eigenvalue weighted by atomic mass is 16.5. The minimum atomic E-state index is -0.262. The van der Waals surface area contributed by atoms with E-state index in [2.05, 4.69) is 10.6 Å². The van der Waals surface area contributed by atoms with Crippen molar-refractivity contribution >= 4 is 11.8 Å². The summed E-state index contributed by atoms with van der Waals surface area (Å²) >= 11 is 0. The van der Waals surface area contributed by atoms with Gasteiger partial charge >= 0.3 is 0 Å². The molecule has 1 unspecified atom stereocenters. The molecule has 2 rings (SSSR count). The molecule has 6 heteroatoms. The summed E-state index contributed by atoms with van der Waals surface area (Å²) in [5.74, 6) is 0.637. The fourth-order valence-corrected chi connectivity index (χ4v) is 3.04. The van der Waals surface area contributed by atoms with Crippen LogP contribution in [-0.2, 0) is 9.59 Å². The fourth-order valence-electron chi connectivity index (χ4n) is 3.04. The minimum Gasteiger partial charge on any atom is -0.497 e. The van der Waals surface area contributed by atoms with Crippen LogP contribution in [0.3, 0.4) is 0 Å². The summed E-state index contributed by atoms with van der Waals surface area (Å²) < 4.78 is 5.23. The first-order valence-electron chi connectivity index (χ1n) is 9.65. The van der Waals surface area contributed by atoms with E-state index in [9.17, 15) is 9.59 Å². The monoisotopic (exact) mass is 384 g/mol. The molecule has 2 atom stereocenters. The van der Waals surface area contributed by atoms with Gasteiger partial charge in [0, 0.05) is 6.54 Å². The number of amides is 2. The quantitative estimate of drug-likeness (QED) is 0.571. The van der Waals surface area contributed by atoms with Crippen molar-refractivity contribution < 1.29 is 19.2 Å². The second-order valence-corrected chi connectivity index (χ2v) is 6.59. The van der Waals surface area contributed by atoms with Crippen LogP contribution in [-0.4, -0.2) is 45.1 Å². The lowest BCUT2D eigenvalue weighted by Crippen LogP contribution is -3.14. The topological polar surface area (TPSA) is 71.9 Å². The van der Waals surface area contributed by atoms with Crippen LogP contribution in [0, 0.1) is 0 Å². The molecule has 3 N–H and O–H groups in total. The van der Waals surface area contributed by atoms with Crippen molar-refractivity contribution in [2.45, 2.75) is 19.9 Å². The molecule has 6 nitrogen and oxygen atoms in total. The lowest BCUT2D eigenvalue weighted by atomic mass is 9.98. The summed E-state index contributed by atoms with van der Waals surface area (Å²) in [5.41, 5.74) is 1.98. The standard InChI is InChI=1S/C22H29N3O3/c1-4-23-20(26)15-25(5-2)16-21(27)24-22(17-9-7-6-8-10-17)18-11-13-19(28-3)14-12-18/h6-14,22H,4-5,15-16H2,1-3H3,(H,23,26)(H,24,27)/p+1/t22-/m1/s1. The van der Waals surface area contributed by atoms with Gasteiger partial charge in [-0.1, -0.05) is 42.5 Å². The summed E-state index contributed by atoms with van der Waals surface area (Å²) in [6, 6.07) is 17.3. The van der Waals surface area contributed by atoms with Gasteiger partial charge in [-0.15, -0.1) is 0 Å². The number of benzene rings is 2. The third kappa shape index (κ3) is 6.39. The molecular weight excluding hydrogens is 354 g/mol. The van der Waals surface area contributed by atoms with E-state index in [1.54, 1.807) is 7.11 Å². The van der Waals surface area contributed by atoms with Crippen LogP contribution in [0.5, 0.6) is 5.75 Å². The third-order valence-electron chi connectivity index (χ3n) is 4.58. The summed E-state index contributed by atoms with van der Waals surface area (Å²) in [4.78, 5) is 25.5. The van der Waals surface area contributed by atoms with E-state index >= 15 is 0 Å². The van der Waals surface area contributed by atoms with Gasteiger partial charge in [-0.2, -0.15) is 0 Å². The molecule has 0 aromatic heterocycles. The van der Waals surface area contributed by atoms with Crippen LogP contribution < -0.4 is 20.3 Å². The number of methoxy groups -OCH3 is 1. The number of ether oxygens (including phenoxy) is 1. The Bertz CT molecular complexity index is 747. The maximum absolute atomic E-state index is 12.7. The highest BCUT2D eigenvalue weighted by Crippen LogP contribution is 2.23. The molecule has 2 amide bonds. The van der Waals surface area contributed by atoms with Gasteiger partial charge in [0.25, 0.3) is 11.8 Å². The summed E-state index contributed by atoms with van der Waals surface area (Å²) in [7, 11) is 1.63. The average Bonchev–Trinajstić information content (AvgIpc) is 2.72. The van der Waals surface area contributed by atoms with Gasteiger partial charge in [-0.25, -0.2) is 0 Å². The van der Waals surface area contributed by atoms with Crippen LogP contribution in [0.15, 0.2) is 54.6 Å². The second-order valence-electron chi connectivity index (χ2n) is 6.59. The van der Waals surface area contributed by atoms with E-state index in [1.165, 1.54) is 0 Å². The van der Waals surface area contributed by atoms with Crippen molar-refractivity contribution in [3.63, 3.8) is 0 Å². The molecule has 0 saturated carbocycles. The zero-order valence-electron chi connectivity index (χ0n) is 16.8. The smallest absolute Gasteiger partial charge is 0.275 e. The molecule has 0 saturated heterocycles. The Balaban J connectivity index is 2.13. The molecule has 0 fully saturated rings. The number of hydrogen-bond donors (Lipinski definition) is 3. The Morgan fingerprint density at radius 1 is 0.929 bits per heavy atom. The van der Waals surface area contributed by atoms with E-state index in [4.69, 9.17) is 4.74 Å². The number of likely N-dealkylation sites (N-methyl/N-ethyl adjacent to an activating group) is 2. The van der Waals surface area contributed by atoms with E-state index in [0.717, 1.165) is 21.8 Å². The predicted molar refractivity (Wildman–Crippen MR) is 109 cm³/mol. The molecule has 0 spiro atoms. The van der Waals surface area contributed by atoms with Crippen LogP contribution >= 0.6 is 0 Å². The van der Waals surface area contributed by atoms with E-state index in [0.29, 0.717) is 13.1 Å². The zero-order chi connectivity index (χ0) is 20.4. The van der Waals surface area contributed by atoms with Crippen LogP contribution in [0.4, 0.5) is 0 Å². The number of rotatable bonds is 10. The molecule has 28 heavy (non-hydrogen) atoms. The molecule has 0 aliphatic heterocycles. The Morgan fingerprint density at radius 2 is 1.54 bits per heavy atom. The Hall–Kier alpha value is -2.86. The molecule has 0 aliphatic carbocycles. The zero-order valence-corrected chi connectivity index (χ0v) is 16.8. The number of carbonyl (C=O) groups is 2. The van der Waals surface area contributed by atoms with Crippen molar-refractivity contribution in [3.8, 4) is 5.75 Å². The molecule has 0 bridgehead atoms. The van der Waals surface area contributed by atoms with Gasteiger partial charge in [0.2, 0.25) is 0 Å². The normalized spacial score (nSPS) is 12.7. The Kier molecular flexibility index (Phi) is 8.49. The molecule has 150 valence electrons. The van der Waals surface area contributed by atoms with E-state index < -0.39 is 0 Å². The first kappa shape index (κ1) is 21.4. The maximum atomic E-state index is 12.7. The number of nitrogens with one attached hydrogen (secondary N) is 3. The predicted octanol–water partition coefficient (Wildman–Crippen LogP) is 0.942. The van der Waals surface area contributed by atoms with Crippen molar-refractivity contribution in [2.24, 2.45) is 0 Å².